The summed E-state index contributed by atoms with van der Waals surface area (Å²) in [6.07, 6.45) is 0. The summed E-state index contributed by atoms with van der Waals surface area (Å²) < 4.78 is 0.832. The monoisotopic (exact) mass is 389 g/mol. The highest BCUT2D eigenvalue weighted by atomic mass is 79.9. The van der Waals surface area contributed by atoms with Crippen molar-refractivity contribution in [2.24, 2.45) is 0 Å². The van der Waals surface area contributed by atoms with Crippen LogP contribution in [0.2, 0.25) is 0 Å². The van der Waals surface area contributed by atoms with Crippen LogP contribution in [0, 0.1) is 0 Å². The molecule has 0 unspecified atom stereocenters. The average Bonchev–Trinajstić information content (AvgIpc) is 2.55. The number of carbonyl (C=O) groups is 2. The van der Waals surface area contributed by atoms with Gasteiger partial charge in [0.25, 0.3) is 5.91 Å². The minimum Gasteiger partial charge on any atom is -0.376 e. The Morgan fingerprint density at radius 3 is 2.33 bits per heavy atom. The van der Waals surface area contributed by atoms with Gasteiger partial charge in [0.2, 0.25) is 5.91 Å². The molecule has 0 aliphatic heterocycles. The zero-order valence-electron chi connectivity index (χ0n) is 13.6. The quantitative estimate of drug-likeness (QED) is 0.706. The van der Waals surface area contributed by atoms with Crippen LogP contribution in [0.1, 0.15) is 24.2 Å². The van der Waals surface area contributed by atoms with Gasteiger partial charge < -0.3 is 16.0 Å². The molecule has 5 nitrogen and oxygen atoms in total. The molecule has 24 heavy (non-hydrogen) atoms. The van der Waals surface area contributed by atoms with Crippen molar-refractivity contribution in [2.45, 2.75) is 19.9 Å². The Labute approximate surface area is 150 Å². The van der Waals surface area contributed by atoms with E-state index in [4.69, 9.17) is 0 Å². The van der Waals surface area contributed by atoms with Crippen LogP contribution < -0.4 is 16.0 Å². The highest BCUT2D eigenvalue weighted by molar-refractivity contribution is 9.10. The minimum atomic E-state index is -0.150. The lowest BCUT2D eigenvalue weighted by Gasteiger charge is -2.10. The van der Waals surface area contributed by atoms with E-state index in [0.717, 1.165) is 15.8 Å². The first-order valence-electron chi connectivity index (χ1n) is 7.65. The number of anilines is 2. The Balaban J connectivity index is 1.87. The fraction of sp³-hybridized carbons (Fsp3) is 0.222. The van der Waals surface area contributed by atoms with Crippen LogP contribution in [0.5, 0.6) is 0 Å². The number of halogens is 1. The number of nitrogens with one attached hydrogen (secondary N) is 3. The Hall–Kier alpha value is -2.34. The van der Waals surface area contributed by atoms with E-state index in [1.54, 1.807) is 24.3 Å². The first-order chi connectivity index (χ1) is 11.5. The summed E-state index contributed by atoms with van der Waals surface area (Å²) in [7, 11) is 0. The fourth-order valence-corrected chi connectivity index (χ4v) is 2.41. The molecule has 2 amide bonds. The predicted octanol–water partition coefficient (Wildman–Crippen LogP) is 3.64. The van der Waals surface area contributed by atoms with Gasteiger partial charge in [0.1, 0.15) is 0 Å². The van der Waals surface area contributed by atoms with Crippen LogP contribution in [0.4, 0.5) is 11.4 Å². The molecule has 0 fully saturated rings. The molecule has 0 radical (unpaired) electrons. The summed E-state index contributed by atoms with van der Waals surface area (Å²) in [5, 5.41) is 8.68. The van der Waals surface area contributed by atoms with Crippen molar-refractivity contribution in [3.05, 3.63) is 58.6 Å². The number of rotatable bonds is 6. The predicted molar refractivity (Wildman–Crippen MR) is 100 cm³/mol. The third-order valence-corrected chi connectivity index (χ3v) is 3.86. The van der Waals surface area contributed by atoms with Gasteiger partial charge in [-0.1, -0.05) is 12.1 Å². The minimum absolute atomic E-state index is 0.0938. The zero-order chi connectivity index (χ0) is 17.5. The van der Waals surface area contributed by atoms with Crippen molar-refractivity contribution in [3.8, 4) is 0 Å². The molecule has 0 saturated carbocycles. The van der Waals surface area contributed by atoms with Crippen molar-refractivity contribution in [3.63, 3.8) is 0 Å². The number of amides is 2. The molecule has 2 aromatic rings. The van der Waals surface area contributed by atoms with E-state index in [1.807, 2.05) is 38.1 Å². The van der Waals surface area contributed by atoms with E-state index in [2.05, 4.69) is 31.9 Å². The normalized spacial score (nSPS) is 10.3. The topological polar surface area (TPSA) is 70.2 Å². The van der Waals surface area contributed by atoms with Crippen molar-refractivity contribution in [1.82, 2.24) is 5.32 Å². The molecule has 0 heterocycles. The summed E-state index contributed by atoms with van der Waals surface area (Å²) in [5.74, 6) is -0.258. The molecule has 0 spiro atoms. The largest absolute Gasteiger partial charge is 0.376 e. The maximum Gasteiger partial charge on any atom is 0.251 e. The molecule has 2 aromatic carbocycles. The summed E-state index contributed by atoms with van der Waals surface area (Å²) in [4.78, 5) is 23.8. The second-order valence-electron chi connectivity index (χ2n) is 5.59. The third-order valence-electron chi connectivity index (χ3n) is 3.17. The van der Waals surface area contributed by atoms with Crippen LogP contribution in [0.25, 0.3) is 0 Å². The zero-order valence-corrected chi connectivity index (χ0v) is 15.2. The number of benzene rings is 2. The van der Waals surface area contributed by atoms with Gasteiger partial charge in [0, 0.05) is 21.8 Å². The van der Waals surface area contributed by atoms with Crippen molar-refractivity contribution in [2.75, 3.05) is 17.2 Å². The second-order valence-corrected chi connectivity index (χ2v) is 6.44. The van der Waals surface area contributed by atoms with E-state index in [-0.39, 0.29) is 24.4 Å². The van der Waals surface area contributed by atoms with Gasteiger partial charge in [-0.05, 0) is 66.2 Å². The lowest BCUT2D eigenvalue weighted by atomic mass is 10.2. The maximum atomic E-state index is 12.0. The van der Waals surface area contributed by atoms with E-state index in [9.17, 15) is 9.59 Å². The van der Waals surface area contributed by atoms with Crippen LogP contribution in [0.3, 0.4) is 0 Å². The SMILES string of the molecule is CC(C)NC(=O)c1ccc(NCC(=O)Nc2ccccc2Br)cc1. The van der Waals surface area contributed by atoms with Crippen molar-refractivity contribution < 1.29 is 9.59 Å². The molecule has 0 bridgehead atoms. The summed E-state index contributed by atoms with van der Waals surface area (Å²) in [6, 6.07) is 14.5. The van der Waals surface area contributed by atoms with Crippen LogP contribution in [-0.4, -0.2) is 24.4 Å². The molecule has 3 N–H and O–H groups in total. The van der Waals surface area contributed by atoms with Crippen molar-refractivity contribution >= 4 is 39.1 Å². The van der Waals surface area contributed by atoms with Gasteiger partial charge in [-0.3, -0.25) is 9.59 Å². The van der Waals surface area contributed by atoms with Gasteiger partial charge in [-0.2, -0.15) is 0 Å². The van der Waals surface area contributed by atoms with E-state index in [0.29, 0.717) is 5.56 Å². The van der Waals surface area contributed by atoms with E-state index in [1.165, 1.54) is 0 Å². The maximum absolute atomic E-state index is 12.0. The summed E-state index contributed by atoms with van der Waals surface area (Å²) in [5.41, 5.74) is 2.09. The molecule has 2 rings (SSSR count). The van der Waals surface area contributed by atoms with Gasteiger partial charge in [-0.15, -0.1) is 0 Å². The molecule has 0 aromatic heterocycles. The Morgan fingerprint density at radius 2 is 1.71 bits per heavy atom. The number of hydrogen-bond donors (Lipinski definition) is 3. The number of para-hydroxylation sites is 1. The standard InChI is InChI=1S/C18H20BrN3O2/c1-12(2)21-18(24)13-7-9-14(10-8-13)20-11-17(23)22-16-6-4-3-5-15(16)19/h3-10,12,20H,11H2,1-2H3,(H,21,24)(H,22,23). The number of hydrogen-bond acceptors (Lipinski definition) is 3. The first kappa shape index (κ1) is 18.0. The van der Waals surface area contributed by atoms with E-state index < -0.39 is 0 Å². The number of carbonyl (C=O) groups excluding carboxylic acids is 2. The van der Waals surface area contributed by atoms with Gasteiger partial charge in [0.15, 0.2) is 0 Å². The second kappa shape index (κ2) is 8.49. The van der Waals surface area contributed by atoms with Crippen molar-refractivity contribution in [1.29, 1.82) is 0 Å². The molecular weight excluding hydrogens is 370 g/mol. The average molecular weight is 390 g/mol. The van der Waals surface area contributed by atoms with Gasteiger partial charge >= 0.3 is 0 Å². The third kappa shape index (κ3) is 5.38. The molecule has 0 aliphatic carbocycles. The lowest BCUT2D eigenvalue weighted by Crippen LogP contribution is -2.30. The highest BCUT2D eigenvalue weighted by Gasteiger charge is 2.07. The van der Waals surface area contributed by atoms with E-state index >= 15 is 0 Å². The molecule has 126 valence electrons. The van der Waals surface area contributed by atoms with Gasteiger partial charge in [-0.25, -0.2) is 0 Å². The highest BCUT2D eigenvalue weighted by Crippen LogP contribution is 2.21. The Morgan fingerprint density at radius 1 is 1.04 bits per heavy atom. The lowest BCUT2D eigenvalue weighted by molar-refractivity contribution is -0.114. The first-order valence-corrected chi connectivity index (χ1v) is 8.44. The van der Waals surface area contributed by atoms with Crippen LogP contribution in [-0.2, 0) is 4.79 Å². The molecule has 0 saturated heterocycles. The van der Waals surface area contributed by atoms with Crippen LogP contribution >= 0.6 is 15.9 Å². The van der Waals surface area contributed by atoms with Crippen LogP contribution in [0.15, 0.2) is 53.0 Å². The molecular formula is C18H20BrN3O2. The molecule has 0 atom stereocenters. The van der Waals surface area contributed by atoms with Gasteiger partial charge in [0.05, 0.1) is 12.2 Å². The Bertz CT molecular complexity index is 714. The smallest absolute Gasteiger partial charge is 0.251 e. The summed E-state index contributed by atoms with van der Waals surface area (Å²) >= 11 is 3.39. The Kier molecular flexibility index (Phi) is 6.37. The fourth-order valence-electron chi connectivity index (χ4n) is 2.02. The molecule has 6 heteroatoms. The summed E-state index contributed by atoms with van der Waals surface area (Å²) in [6.45, 7) is 3.97. The molecule has 0 aliphatic rings.